The smallest absolute Gasteiger partial charge is 0.159 e. The van der Waals surface area contributed by atoms with Gasteiger partial charge in [0, 0.05) is 31.3 Å². The summed E-state index contributed by atoms with van der Waals surface area (Å²) in [5.41, 5.74) is 6.67. The molecular weight excluding hydrogens is 504 g/mol. The van der Waals surface area contributed by atoms with Crippen molar-refractivity contribution in [3.63, 3.8) is 0 Å². The molecule has 1 fully saturated rings. The fourth-order valence-electron chi connectivity index (χ4n) is 6.43. The summed E-state index contributed by atoms with van der Waals surface area (Å²) in [6, 6.07) is 16.7. The van der Waals surface area contributed by atoms with E-state index in [9.17, 15) is 4.79 Å². The van der Waals surface area contributed by atoms with Crippen molar-refractivity contribution >= 4 is 11.5 Å². The van der Waals surface area contributed by atoms with Gasteiger partial charge in [0.1, 0.15) is 11.5 Å². The number of aryl methyl sites for hydroxylation is 2. The van der Waals surface area contributed by atoms with E-state index in [2.05, 4.69) is 67.6 Å². The second-order valence-corrected chi connectivity index (χ2v) is 12.0. The Hall–Kier alpha value is -3.17. The van der Waals surface area contributed by atoms with E-state index in [0.29, 0.717) is 24.0 Å². The molecule has 216 valence electrons. The number of hydrogen-bond donors (Lipinski definition) is 0. The Morgan fingerprint density at radius 2 is 1.83 bits per heavy atom. The molecule has 1 heterocycles. The molecule has 0 saturated carbocycles. The van der Waals surface area contributed by atoms with E-state index < -0.39 is 0 Å². The van der Waals surface area contributed by atoms with Gasteiger partial charge in [-0.05, 0) is 110 Å². The molecule has 0 radical (unpaired) electrons. The fraction of sp³-hybridized carbons (Fsp3) is 0.447. The summed E-state index contributed by atoms with van der Waals surface area (Å²) >= 11 is 0. The molecule has 0 amide bonds. The molecule has 3 nitrogen and oxygen atoms in total. The number of benzene rings is 2. The summed E-state index contributed by atoms with van der Waals surface area (Å²) in [6.45, 7) is 4.14. The number of hydrogen-bond acceptors (Lipinski definition) is 3. The van der Waals surface area contributed by atoms with Gasteiger partial charge in [-0.2, -0.15) is 0 Å². The Kier molecular flexibility index (Phi) is 10.9. The molecule has 2 atom stereocenters. The molecule has 2 aromatic rings. The average Bonchev–Trinajstić information content (AvgIpc) is 2.93. The highest BCUT2D eigenvalue weighted by atomic mass is 16.5. The van der Waals surface area contributed by atoms with Gasteiger partial charge in [0.2, 0.25) is 0 Å². The van der Waals surface area contributed by atoms with Gasteiger partial charge in [-0.25, -0.2) is 0 Å². The SMILES string of the molecule is CC1C=C(CCCCc2cccc(OC3=CC(=O)CCCc4ccccc43)c2)C(C2CCCCOCC2)=CC=CC1. The van der Waals surface area contributed by atoms with Gasteiger partial charge in [-0.1, -0.05) is 74.0 Å². The molecule has 1 aliphatic heterocycles. The van der Waals surface area contributed by atoms with E-state index in [1.807, 2.05) is 12.1 Å². The Morgan fingerprint density at radius 3 is 2.78 bits per heavy atom. The first-order chi connectivity index (χ1) is 20.2. The zero-order chi connectivity index (χ0) is 28.3. The Balaban J connectivity index is 1.22. The van der Waals surface area contributed by atoms with Crippen LogP contribution in [0, 0.1) is 11.8 Å². The first-order valence-corrected chi connectivity index (χ1v) is 15.9. The van der Waals surface area contributed by atoms with E-state index >= 15 is 0 Å². The van der Waals surface area contributed by atoms with Crippen LogP contribution in [0.15, 0.2) is 90.1 Å². The van der Waals surface area contributed by atoms with Crippen molar-refractivity contribution in [2.45, 2.75) is 84.0 Å². The molecule has 0 bridgehead atoms. The van der Waals surface area contributed by atoms with E-state index in [1.165, 1.54) is 36.8 Å². The van der Waals surface area contributed by atoms with Gasteiger partial charge >= 0.3 is 0 Å². The molecule has 3 heteroatoms. The summed E-state index contributed by atoms with van der Waals surface area (Å²) in [5.74, 6) is 2.78. The van der Waals surface area contributed by atoms with Crippen LogP contribution in [0.5, 0.6) is 5.75 Å². The normalized spacial score (nSPS) is 22.0. The highest BCUT2D eigenvalue weighted by Crippen LogP contribution is 2.34. The third-order valence-corrected chi connectivity index (χ3v) is 8.65. The van der Waals surface area contributed by atoms with E-state index in [-0.39, 0.29) is 5.78 Å². The molecule has 2 unspecified atom stereocenters. The molecule has 2 aliphatic carbocycles. The van der Waals surface area contributed by atoms with Crippen molar-refractivity contribution in [3.8, 4) is 5.75 Å². The lowest BCUT2D eigenvalue weighted by atomic mass is 9.81. The minimum atomic E-state index is 0.138. The molecule has 41 heavy (non-hydrogen) atoms. The number of rotatable bonds is 8. The largest absolute Gasteiger partial charge is 0.457 e. The summed E-state index contributed by atoms with van der Waals surface area (Å²) in [4.78, 5) is 12.5. The van der Waals surface area contributed by atoms with E-state index in [0.717, 1.165) is 69.5 Å². The maximum absolute atomic E-state index is 12.5. The van der Waals surface area contributed by atoms with Gasteiger partial charge in [0.05, 0.1) is 0 Å². The van der Waals surface area contributed by atoms with Gasteiger partial charge in [0.15, 0.2) is 5.78 Å². The molecule has 1 saturated heterocycles. The van der Waals surface area contributed by atoms with E-state index in [1.54, 1.807) is 17.2 Å². The van der Waals surface area contributed by atoms with Crippen molar-refractivity contribution in [3.05, 3.63) is 107 Å². The summed E-state index contributed by atoms with van der Waals surface area (Å²) in [5, 5.41) is 0. The van der Waals surface area contributed by atoms with Crippen LogP contribution in [0.2, 0.25) is 0 Å². The molecule has 3 aliphatic rings. The lowest BCUT2D eigenvalue weighted by Crippen LogP contribution is -2.15. The topological polar surface area (TPSA) is 35.5 Å². The lowest BCUT2D eigenvalue weighted by molar-refractivity contribution is -0.114. The minimum absolute atomic E-state index is 0.138. The second-order valence-electron chi connectivity index (χ2n) is 12.0. The zero-order valence-electron chi connectivity index (χ0n) is 24.8. The Labute approximate surface area is 247 Å². The van der Waals surface area contributed by atoms with Crippen LogP contribution in [-0.2, 0) is 22.4 Å². The number of ether oxygens (including phenoxy) is 2. The molecular formula is C38H46O3. The number of fused-ring (bicyclic) bond motifs is 1. The molecule has 2 aromatic carbocycles. The first kappa shape index (κ1) is 29.3. The molecule has 0 aromatic heterocycles. The van der Waals surface area contributed by atoms with E-state index in [4.69, 9.17) is 9.47 Å². The van der Waals surface area contributed by atoms with Crippen LogP contribution in [0.1, 0.15) is 87.8 Å². The number of carbonyl (C=O) groups excluding carboxylic acids is 1. The third-order valence-electron chi connectivity index (χ3n) is 8.65. The van der Waals surface area contributed by atoms with Crippen LogP contribution in [0.3, 0.4) is 0 Å². The maximum Gasteiger partial charge on any atom is 0.159 e. The summed E-state index contributed by atoms with van der Waals surface area (Å²) in [7, 11) is 0. The Morgan fingerprint density at radius 1 is 0.927 bits per heavy atom. The molecule has 5 rings (SSSR count). The van der Waals surface area contributed by atoms with Crippen molar-refractivity contribution < 1.29 is 14.3 Å². The maximum atomic E-state index is 12.5. The van der Waals surface area contributed by atoms with Gasteiger partial charge in [0.25, 0.3) is 0 Å². The van der Waals surface area contributed by atoms with Crippen LogP contribution < -0.4 is 4.74 Å². The second kappa shape index (κ2) is 15.2. The highest BCUT2D eigenvalue weighted by Gasteiger charge is 2.20. The zero-order valence-corrected chi connectivity index (χ0v) is 24.8. The van der Waals surface area contributed by atoms with Crippen LogP contribution >= 0.6 is 0 Å². The van der Waals surface area contributed by atoms with Gasteiger partial charge < -0.3 is 9.47 Å². The van der Waals surface area contributed by atoms with Crippen molar-refractivity contribution in [2.24, 2.45) is 11.8 Å². The van der Waals surface area contributed by atoms with Crippen molar-refractivity contribution in [1.29, 1.82) is 0 Å². The monoisotopic (exact) mass is 550 g/mol. The predicted octanol–water partition coefficient (Wildman–Crippen LogP) is 9.38. The number of ketones is 1. The van der Waals surface area contributed by atoms with Crippen LogP contribution in [0.25, 0.3) is 5.76 Å². The first-order valence-electron chi connectivity index (χ1n) is 15.9. The Bertz CT molecular complexity index is 1290. The quantitative estimate of drug-likeness (QED) is 0.307. The van der Waals surface area contributed by atoms with Crippen molar-refractivity contribution in [1.82, 2.24) is 0 Å². The molecule has 0 spiro atoms. The standard InChI is InChI=1S/C38H46O3/c1-29-12-2-6-21-36(32-16-8-9-24-40-25-23-32)33(26-29)17-4-3-13-30-14-10-20-35(27-30)41-38-28-34(39)19-11-18-31-15-5-7-22-37(31)38/h2,5-7,10,14-15,20-22,26-29,32H,3-4,8-9,11-13,16-19,23-25H2,1H3. The molecule has 0 N–H and O–H groups in total. The van der Waals surface area contributed by atoms with Crippen molar-refractivity contribution in [2.75, 3.05) is 13.2 Å². The number of allylic oxidation sites excluding steroid dienone is 7. The highest BCUT2D eigenvalue weighted by molar-refractivity contribution is 5.96. The minimum Gasteiger partial charge on any atom is -0.457 e. The predicted molar refractivity (Wildman–Crippen MR) is 169 cm³/mol. The number of unbranched alkanes of at least 4 members (excludes halogenated alkanes) is 1. The fourth-order valence-corrected chi connectivity index (χ4v) is 6.43. The average molecular weight is 551 g/mol. The third kappa shape index (κ3) is 8.66. The summed E-state index contributed by atoms with van der Waals surface area (Å²) in [6.07, 6.45) is 24.0. The number of carbonyl (C=O) groups is 1. The lowest BCUT2D eigenvalue weighted by Gasteiger charge is -2.26. The van der Waals surface area contributed by atoms with Crippen LogP contribution in [0.4, 0.5) is 0 Å². The van der Waals surface area contributed by atoms with Gasteiger partial charge in [-0.3, -0.25) is 4.79 Å². The summed E-state index contributed by atoms with van der Waals surface area (Å²) < 4.78 is 12.2. The van der Waals surface area contributed by atoms with Gasteiger partial charge in [-0.15, -0.1) is 0 Å². The van der Waals surface area contributed by atoms with Crippen LogP contribution in [-0.4, -0.2) is 19.0 Å².